The topological polar surface area (TPSA) is 41.6 Å². The van der Waals surface area contributed by atoms with Crippen LogP contribution in [0.4, 0.5) is 13.2 Å². The number of ether oxygens (including phenoxy) is 1. The summed E-state index contributed by atoms with van der Waals surface area (Å²) in [6, 6.07) is 4.10. The molecule has 0 saturated carbocycles. The molecule has 1 unspecified atom stereocenters. The summed E-state index contributed by atoms with van der Waals surface area (Å²) in [5.41, 5.74) is 1.46. The molecule has 4 nitrogen and oxygen atoms in total. The van der Waals surface area contributed by atoms with Crippen LogP contribution in [0, 0.1) is 5.41 Å². The van der Waals surface area contributed by atoms with Gasteiger partial charge in [-0.1, -0.05) is 18.2 Å². The molecule has 1 atom stereocenters. The van der Waals surface area contributed by atoms with Gasteiger partial charge in [0.15, 0.2) is 6.04 Å². The summed E-state index contributed by atoms with van der Waals surface area (Å²) >= 11 is 0. The maximum Gasteiger partial charge on any atom is 0.410 e. The van der Waals surface area contributed by atoms with Crippen molar-refractivity contribution in [3.8, 4) is 5.75 Å². The molecule has 0 aromatic heterocycles. The van der Waals surface area contributed by atoms with Crippen LogP contribution in [-0.4, -0.2) is 29.7 Å². The van der Waals surface area contributed by atoms with E-state index in [1.807, 2.05) is 0 Å². The number of nitrogens with zero attached hydrogens (tertiary/aromatic N) is 1. The Balaban J connectivity index is 2.44. The first-order chi connectivity index (χ1) is 10.5. The van der Waals surface area contributed by atoms with Gasteiger partial charge in [0, 0.05) is 12.1 Å². The third kappa shape index (κ3) is 3.77. The van der Waals surface area contributed by atoms with Crippen LogP contribution in [-0.2, 0) is 4.79 Å². The highest BCUT2D eigenvalue weighted by Gasteiger charge is 2.52. The van der Waals surface area contributed by atoms with Crippen LogP contribution in [0.2, 0.25) is 0 Å². The van der Waals surface area contributed by atoms with E-state index in [0.717, 1.165) is 5.01 Å². The van der Waals surface area contributed by atoms with Crippen LogP contribution < -0.4 is 10.2 Å². The molecule has 2 rings (SSSR count). The second-order valence-corrected chi connectivity index (χ2v) is 6.60. The van der Waals surface area contributed by atoms with Crippen LogP contribution in [0.15, 0.2) is 24.3 Å². The second kappa shape index (κ2) is 6.03. The molecule has 7 heteroatoms. The summed E-state index contributed by atoms with van der Waals surface area (Å²) in [5, 5.41) is 0.949. The van der Waals surface area contributed by atoms with E-state index in [1.54, 1.807) is 33.8 Å². The van der Waals surface area contributed by atoms with E-state index in [9.17, 15) is 18.0 Å². The van der Waals surface area contributed by atoms with Crippen molar-refractivity contribution in [2.45, 2.75) is 46.0 Å². The van der Waals surface area contributed by atoms with Gasteiger partial charge < -0.3 is 4.74 Å². The predicted octanol–water partition coefficient (Wildman–Crippen LogP) is 3.45. The Morgan fingerprint density at radius 3 is 2.35 bits per heavy atom. The molecule has 1 fully saturated rings. The molecule has 0 aliphatic carbocycles. The highest BCUT2D eigenvalue weighted by molar-refractivity contribution is 5.83. The van der Waals surface area contributed by atoms with Crippen LogP contribution in [0.25, 0.3) is 0 Å². The van der Waals surface area contributed by atoms with Gasteiger partial charge in [0.05, 0.1) is 11.5 Å². The van der Waals surface area contributed by atoms with Crippen LogP contribution in [0.5, 0.6) is 5.75 Å². The molecule has 1 saturated heterocycles. The van der Waals surface area contributed by atoms with E-state index in [4.69, 9.17) is 4.74 Å². The number of halogens is 3. The molecule has 1 amide bonds. The van der Waals surface area contributed by atoms with E-state index < -0.39 is 23.5 Å². The first-order valence-electron chi connectivity index (χ1n) is 7.42. The molecular formula is C16H21F3N2O2. The van der Waals surface area contributed by atoms with Gasteiger partial charge in [-0.15, -0.1) is 0 Å². The molecule has 1 aromatic carbocycles. The first kappa shape index (κ1) is 17.6. The minimum atomic E-state index is -4.55. The van der Waals surface area contributed by atoms with Gasteiger partial charge in [0.25, 0.3) is 0 Å². The van der Waals surface area contributed by atoms with Crippen molar-refractivity contribution in [3.05, 3.63) is 29.8 Å². The number of para-hydroxylation sites is 1. The fraction of sp³-hybridized carbons (Fsp3) is 0.562. The predicted molar refractivity (Wildman–Crippen MR) is 79.6 cm³/mol. The van der Waals surface area contributed by atoms with Crippen molar-refractivity contribution in [1.29, 1.82) is 0 Å². The fourth-order valence-electron chi connectivity index (χ4n) is 2.56. The normalized spacial score (nSPS) is 19.7. The molecule has 23 heavy (non-hydrogen) atoms. The number of nitrogens with one attached hydrogen (secondary N) is 1. The summed E-state index contributed by atoms with van der Waals surface area (Å²) in [5.74, 6) is -0.252. The molecule has 1 heterocycles. The number of alkyl halides is 3. The van der Waals surface area contributed by atoms with Gasteiger partial charge in [-0.25, -0.2) is 5.01 Å². The monoisotopic (exact) mass is 330 g/mol. The highest BCUT2D eigenvalue weighted by Crippen LogP contribution is 2.43. The number of rotatable bonds is 4. The van der Waals surface area contributed by atoms with Gasteiger partial charge in [-0.3, -0.25) is 10.2 Å². The Hall–Kier alpha value is -1.76. The summed E-state index contributed by atoms with van der Waals surface area (Å²) in [7, 11) is 0. The lowest BCUT2D eigenvalue weighted by atomic mass is 9.93. The van der Waals surface area contributed by atoms with Crippen LogP contribution in [0.3, 0.4) is 0 Å². The third-order valence-electron chi connectivity index (χ3n) is 3.62. The third-order valence-corrected chi connectivity index (χ3v) is 3.62. The Morgan fingerprint density at radius 2 is 1.87 bits per heavy atom. The van der Waals surface area contributed by atoms with E-state index >= 15 is 0 Å². The fourth-order valence-corrected chi connectivity index (χ4v) is 2.56. The lowest BCUT2D eigenvalue weighted by Gasteiger charge is -2.31. The molecule has 0 radical (unpaired) electrons. The lowest BCUT2D eigenvalue weighted by molar-refractivity contribution is -0.192. The Bertz CT molecular complexity index is 585. The number of carbonyl (C=O) groups is 1. The minimum Gasteiger partial charge on any atom is -0.491 e. The summed E-state index contributed by atoms with van der Waals surface area (Å²) in [6.45, 7) is 6.70. The molecule has 1 N–H and O–H groups in total. The number of benzene rings is 1. The largest absolute Gasteiger partial charge is 0.491 e. The first-order valence-corrected chi connectivity index (χ1v) is 7.42. The van der Waals surface area contributed by atoms with E-state index in [2.05, 4.69) is 5.43 Å². The van der Waals surface area contributed by atoms with Crippen molar-refractivity contribution >= 4 is 5.91 Å². The van der Waals surface area contributed by atoms with Crippen LogP contribution in [0.1, 0.15) is 39.3 Å². The molecule has 128 valence electrons. The van der Waals surface area contributed by atoms with Crippen molar-refractivity contribution < 1.29 is 22.7 Å². The molecule has 0 bridgehead atoms. The summed E-state index contributed by atoms with van der Waals surface area (Å²) in [6.07, 6.45) is -4.81. The number of hydrazine groups is 1. The van der Waals surface area contributed by atoms with E-state index in [-0.39, 0.29) is 24.0 Å². The SMILES string of the molecule is CC(C)Oc1ccccc1C(N1CC(C)(C)C(=O)N1)C(F)(F)F. The second-order valence-electron chi connectivity index (χ2n) is 6.60. The molecule has 1 aliphatic rings. The molecule has 1 aromatic rings. The number of amides is 1. The minimum absolute atomic E-state index is 0.00769. The highest BCUT2D eigenvalue weighted by atomic mass is 19.4. The summed E-state index contributed by atoms with van der Waals surface area (Å²) in [4.78, 5) is 11.9. The Labute approximate surface area is 133 Å². The lowest BCUT2D eigenvalue weighted by Crippen LogP contribution is -2.43. The van der Waals surface area contributed by atoms with Crippen LogP contribution >= 0.6 is 0 Å². The van der Waals surface area contributed by atoms with Gasteiger partial charge >= 0.3 is 6.18 Å². The maximum atomic E-state index is 13.7. The number of hydrogen-bond donors (Lipinski definition) is 1. The van der Waals surface area contributed by atoms with E-state index in [0.29, 0.717) is 0 Å². The van der Waals surface area contributed by atoms with Gasteiger partial charge in [0.2, 0.25) is 5.91 Å². The molecule has 0 spiro atoms. The zero-order valence-corrected chi connectivity index (χ0v) is 13.6. The quantitative estimate of drug-likeness (QED) is 0.919. The van der Waals surface area contributed by atoms with Crippen molar-refractivity contribution in [3.63, 3.8) is 0 Å². The van der Waals surface area contributed by atoms with Gasteiger partial charge in [0.1, 0.15) is 5.75 Å². The zero-order chi connectivity index (χ0) is 17.4. The van der Waals surface area contributed by atoms with Gasteiger partial charge in [-0.2, -0.15) is 13.2 Å². The Morgan fingerprint density at radius 1 is 1.26 bits per heavy atom. The average Bonchev–Trinajstić information content (AvgIpc) is 2.63. The molecular weight excluding hydrogens is 309 g/mol. The smallest absolute Gasteiger partial charge is 0.410 e. The maximum absolute atomic E-state index is 13.7. The van der Waals surface area contributed by atoms with Crippen molar-refractivity contribution in [2.75, 3.05) is 6.54 Å². The van der Waals surface area contributed by atoms with E-state index in [1.165, 1.54) is 18.2 Å². The number of carbonyl (C=O) groups excluding carboxylic acids is 1. The number of hydrogen-bond acceptors (Lipinski definition) is 3. The zero-order valence-electron chi connectivity index (χ0n) is 13.6. The average molecular weight is 330 g/mol. The standard InChI is InChI=1S/C16H21F3N2O2/c1-10(2)23-12-8-6-5-7-11(12)13(16(17,18)19)21-9-15(3,4)14(22)20-21/h5-8,10,13H,9H2,1-4H3,(H,20,22). The molecule has 1 aliphatic heterocycles. The van der Waals surface area contributed by atoms with Crippen molar-refractivity contribution in [2.24, 2.45) is 5.41 Å². The van der Waals surface area contributed by atoms with Gasteiger partial charge in [-0.05, 0) is 33.8 Å². The Kier molecular flexibility index (Phi) is 4.61. The van der Waals surface area contributed by atoms with Crippen molar-refractivity contribution in [1.82, 2.24) is 10.4 Å². The summed E-state index contributed by atoms with van der Waals surface area (Å²) < 4.78 is 46.6.